The molecule has 2 aliphatic rings. The molecule has 0 aliphatic carbocycles. The molecule has 0 aromatic rings. The van der Waals surface area contributed by atoms with E-state index in [2.05, 4.69) is 6.92 Å². The largest absolute Gasteiger partial charge is 0.457 e. The predicted octanol–water partition coefficient (Wildman–Crippen LogP) is 1.99. The summed E-state index contributed by atoms with van der Waals surface area (Å²) in [4.78, 5) is 22.9. The second-order valence-corrected chi connectivity index (χ2v) is 5.94. The van der Waals surface area contributed by atoms with Gasteiger partial charge in [0, 0.05) is 13.3 Å². The summed E-state index contributed by atoms with van der Waals surface area (Å²) in [7, 11) is 0. The van der Waals surface area contributed by atoms with Gasteiger partial charge in [-0.05, 0) is 6.42 Å². The van der Waals surface area contributed by atoms with Crippen LogP contribution in [-0.4, -0.2) is 49.6 Å². The highest BCUT2D eigenvalue weighted by Gasteiger charge is 2.50. The molecule has 6 nitrogen and oxygen atoms in total. The van der Waals surface area contributed by atoms with Crippen LogP contribution in [0.15, 0.2) is 0 Å². The summed E-state index contributed by atoms with van der Waals surface area (Å²) in [5.74, 6) is -0.560. The molecule has 2 heterocycles. The first-order chi connectivity index (χ1) is 10.6. The van der Waals surface area contributed by atoms with Crippen molar-refractivity contribution in [3.05, 3.63) is 0 Å². The van der Waals surface area contributed by atoms with Crippen LogP contribution in [0.4, 0.5) is 0 Å². The number of carbonyl (C=O) groups excluding carboxylic acids is 2. The minimum absolute atomic E-state index is 0.203. The zero-order chi connectivity index (χ0) is 15.9. The van der Waals surface area contributed by atoms with E-state index in [0.29, 0.717) is 19.6 Å². The standard InChI is InChI=1S/C16H26O6/c1-3-4-5-6-7-8-14(18)22-13-10-20-15-12(21-11(2)17)9-19-16(13)15/h12-13,15-16H,3-10H2,1-2H3. The maximum absolute atomic E-state index is 11.9. The summed E-state index contributed by atoms with van der Waals surface area (Å²) >= 11 is 0. The molecular weight excluding hydrogens is 288 g/mol. The van der Waals surface area contributed by atoms with Crippen molar-refractivity contribution in [1.82, 2.24) is 0 Å². The van der Waals surface area contributed by atoms with E-state index >= 15 is 0 Å². The molecule has 126 valence electrons. The summed E-state index contributed by atoms with van der Waals surface area (Å²) in [6, 6.07) is 0. The van der Waals surface area contributed by atoms with Gasteiger partial charge in [-0.1, -0.05) is 32.6 Å². The molecule has 0 bridgehead atoms. The van der Waals surface area contributed by atoms with Gasteiger partial charge in [-0.3, -0.25) is 9.59 Å². The van der Waals surface area contributed by atoms with Crippen molar-refractivity contribution in [1.29, 1.82) is 0 Å². The lowest BCUT2D eigenvalue weighted by Gasteiger charge is -2.17. The normalized spacial score (nSPS) is 30.1. The molecule has 22 heavy (non-hydrogen) atoms. The Hall–Kier alpha value is -1.14. The number of ether oxygens (including phenoxy) is 4. The summed E-state index contributed by atoms with van der Waals surface area (Å²) in [6.45, 7) is 4.11. The van der Waals surface area contributed by atoms with Crippen molar-refractivity contribution in [3.8, 4) is 0 Å². The lowest BCUT2D eigenvalue weighted by atomic mass is 10.1. The van der Waals surface area contributed by atoms with E-state index in [1.807, 2.05) is 0 Å². The number of carbonyl (C=O) groups is 2. The van der Waals surface area contributed by atoms with Crippen molar-refractivity contribution < 1.29 is 28.5 Å². The van der Waals surface area contributed by atoms with Crippen LogP contribution in [0.3, 0.4) is 0 Å². The van der Waals surface area contributed by atoms with Crippen LogP contribution in [0.1, 0.15) is 52.4 Å². The molecule has 6 heteroatoms. The summed E-state index contributed by atoms with van der Waals surface area (Å²) < 4.78 is 21.8. The Morgan fingerprint density at radius 3 is 2.14 bits per heavy atom. The summed E-state index contributed by atoms with van der Waals surface area (Å²) in [5, 5.41) is 0. The van der Waals surface area contributed by atoms with Gasteiger partial charge in [0.1, 0.15) is 12.2 Å². The monoisotopic (exact) mass is 314 g/mol. The van der Waals surface area contributed by atoms with Gasteiger partial charge in [-0.25, -0.2) is 0 Å². The highest BCUT2D eigenvalue weighted by molar-refractivity contribution is 5.69. The minimum Gasteiger partial charge on any atom is -0.457 e. The third kappa shape index (κ3) is 4.68. The van der Waals surface area contributed by atoms with Gasteiger partial charge < -0.3 is 18.9 Å². The average Bonchev–Trinajstić information content (AvgIpc) is 3.03. The highest BCUT2D eigenvalue weighted by atomic mass is 16.7. The van der Waals surface area contributed by atoms with Gasteiger partial charge in [0.15, 0.2) is 12.2 Å². The third-order valence-corrected chi connectivity index (χ3v) is 4.05. The number of rotatable bonds is 8. The van der Waals surface area contributed by atoms with Crippen LogP contribution in [0.5, 0.6) is 0 Å². The van der Waals surface area contributed by atoms with Crippen LogP contribution < -0.4 is 0 Å². The Morgan fingerprint density at radius 1 is 0.955 bits per heavy atom. The average molecular weight is 314 g/mol. The van der Waals surface area contributed by atoms with Gasteiger partial charge in [0.25, 0.3) is 0 Å². The first kappa shape index (κ1) is 17.2. The lowest BCUT2D eigenvalue weighted by molar-refractivity contribution is -0.154. The first-order valence-corrected chi connectivity index (χ1v) is 8.21. The van der Waals surface area contributed by atoms with Crippen molar-refractivity contribution in [3.63, 3.8) is 0 Å². The van der Waals surface area contributed by atoms with Crippen LogP contribution >= 0.6 is 0 Å². The molecule has 0 N–H and O–H groups in total. The Morgan fingerprint density at radius 2 is 1.55 bits per heavy atom. The summed E-state index contributed by atoms with van der Waals surface area (Å²) in [5.41, 5.74) is 0. The summed E-state index contributed by atoms with van der Waals surface area (Å²) in [6.07, 6.45) is 4.46. The van der Waals surface area contributed by atoms with Gasteiger partial charge >= 0.3 is 11.9 Å². The molecule has 4 unspecified atom stereocenters. The minimum atomic E-state index is -0.403. The van der Waals surface area contributed by atoms with E-state index in [1.165, 1.54) is 19.8 Å². The van der Waals surface area contributed by atoms with Gasteiger partial charge in [-0.15, -0.1) is 0 Å². The Kier molecular flexibility index (Phi) is 6.64. The van der Waals surface area contributed by atoms with Crippen molar-refractivity contribution >= 4 is 11.9 Å². The molecule has 2 aliphatic heterocycles. The molecule has 4 atom stereocenters. The fourth-order valence-electron chi connectivity index (χ4n) is 2.95. The molecule has 2 rings (SSSR count). The molecule has 0 aromatic heterocycles. The smallest absolute Gasteiger partial charge is 0.306 e. The maximum Gasteiger partial charge on any atom is 0.306 e. The van der Waals surface area contributed by atoms with E-state index in [4.69, 9.17) is 18.9 Å². The molecular formula is C16H26O6. The number of unbranched alkanes of at least 4 members (excludes halogenated alkanes) is 4. The topological polar surface area (TPSA) is 71.1 Å². The van der Waals surface area contributed by atoms with Crippen molar-refractivity contribution in [2.75, 3.05) is 13.2 Å². The number of hydrogen-bond donors (Lipinski definition) is 0. The SMILES string of the molecule is CCCCCCCC(=O)OC1COC2C(OC(C)=O)COC12. The number of fused-ring (bicyclic) bond motifs is 1. The van der Waals surface area contributed by atoms with Crippen molar-refractivity contribution in [2.24, 2.45) is 0 Å². The molecule has 0 amide bonds. The second kappa shape index (κ2) is 8.48. The Labute approximate surface area is 131 Å². The van der Waals surface area contributed by atoms with Gasteiger partial charge in [0.2, 0.25) is 0 Å². The van der Waals surface area contributed by atoms with E-state index < -0.39 is 12.2 Å². The van der Waals surface area contributed by atoms with E-state index in [9.17, 15) is 9.59 Å². The van der Waals surface area contributed by atoms with Crippen molar-refractivity contribution in [2.45, 2.75) is 76.8 Å². The highest BCUT2D eigenvalue weighted by Crippen LogP contribution is 2.30. The van der Waals surface area contributed by atoms with Crippen LogP contribution in [0.25, 0.3) is 0 Å². The Balaban J connectivity index is 1.69. The van der Waals surface area contributed by atoms with E-state index in [-0.39, 0.29) is 24.1 Å². The molecule has 0 radical (unpaired) electrons. The van der Waals surface area contributed by atoms with Crippen LogP contribution in [-0.2, 0) is 28.5 Å². The Bertz CT molecular complexity index is 383. The first-order valence-electron chi connectivity index (χ1n) is 8.21. The predicted molar refractivity (Wildman–Crippen MR) is 78.3 cm³/mol. The third-order valence-electron chi connectivity index (χ3n) is 4.05. The molecule has 2 fully saturated rings. The fraction of sp³-hybridized carbons (Fsp3) is 0.875. The van der Waals surface area contributed by atoms with Gasteiger partial charge in [-0.2, -0.15) is 0 Å². The number of esters is 2. The molecule has 2 saturated heterocycles. The van der Waals surface area contributed by atoms with Crippen LogP contribution in [0.2, 0.25) is 0 Å². The zero-order valence-electron chi connectivity index (χ0n) is 13.4. The fourth-order valence-corrected chi connectivity index (χ4v) is 2.95. The lowest BCUT2D eigenvalue weighted by Crippen LogP contribution is -2.35. The zero-order valence-corrected chi connectivity index (χ0v) is 13.4. The molecule has 0 saturated carbocycles. The van der Waals surface area contributed by atoms with Gasteiger partial charge in [0.05, 0.1) is 13.2 Å². The number of hydrogen-bond acceptors (Lipinski definition) is 6. The van der Waals surface area contributed by atoms with E-state index in [1.54, 1.807) is 0 Å². The molecule has 0 spiro atoms. The van der Waals surface area contributed by atoms with Crippen LogP contribution in [0, 0.1) is 0 Å². The maximum atomic E-state index is 11.9. The molecule has 0 aromatic carbocycles. The second-order valence-electron chi connectivity index (χ2n) is 5.94. The van der Waals surface area contributed by atoms with E-state index in [0.717, 1.165) is 19.3 Å². The quantitative estimate of drug-likeness (QED) is 0.504.